The Morgan fingerprint density at radius 3 is 0.618 bits per heavy atom. The summed E-state index contributed by atoms with van der Waals surface area (Å²) in [6, 6.07) is 0. The Labute approximate surface area is 197 Å². The molecule has 0 aromatic heterocycles. The van der Waals surface area contributed by atoms with Gasteiger partial charge in [0.1, 0.15) is 19.6 Å². The molecule has 0 unspecified atom stereocenters. The molecular weight excluding hydrogens is 536 g/mol. The zero-order chi connectivity index (χ0) is 26.9. The van der Waals surface area contributed by atoms with E-state index < -0.39 is 71.2 Å². The van der Waals surface area contributed by atoms with Crippen molar-refractivity contribution in [1.82, 2.24) is 0 Å². The van der Waals surface area contributed by atoms with Gasteiger partial charge in [-0.15, -0.1) is 0 Å². The van der Waals surface area contributed by atoms with Crippen molar-refractivity contribution < 1.29 is 51.9 Å². The average molecular weight is 559 g/mol. The van der Waals surface area contributed by atoms with Gasteiger partial charge in [0, 0.05) is 0 Å². The van der Waals surface area contributed by atoms with Crippen LogP contribution >= 0.6 is 0 Å². The average Bonchev–Trinajstić information content (AvgIpc) is 2.51. The monoisotopic (exact) mass is 558 g/mol. The van der Waals surface area contributed by atoms with Crippen LogP contribution in [0.4, 0.5) is 0 Å². The second-order valence-corrected chi connectivity index (χ2v) is 13.2. The van der Waals surface area contributed by atoms with Crippen LogP contribution in [0.3, 0.4) is 0 Å². The number of benzene rings is 2. The lowest BCUT2D eigenvalue weighted by Crippen LogP contribution is -2.16. The first-order valence-electron chi connectivity index (χ1n) is 9.13. The molecular formula is C18H22O12S4. The fourth-order valence-electron chi connectivity index (χ4n) is 4.65. The summed E-state index contributed by atoms with van der Waals surface area (Å²) in [4.78, 5) is -3.66. The van der Waals surface area contributed by atoms with Crippen LogP contribution in [0.1, 0.15) is 33.4 Å². The highest BCUT2D eigenvalue weighted by Crippen LogP contribution is 2.45. The van der Waals surface area contributed by atoms with Crippen LogP contribution < -0.4 is 0 Å². The van der Waals surface area contributed by atoms with E-state index in [2.05, 4.69) is 0 Å². The van der Waals surface area contributed by atoms with Crippen molar-refractivity contribution in [3.8, 4) is 11.1 Å². The molecule has 0 radical (unpaired) electrons. The smallest absolute Gasteiger partial charge is 0.282 e. The van der Waals surface area contributed by atoms with Gasteiger partial charge in [0.15, 0.2) is 0 Å². The van der Waals surface area contributed by atoms with E-state index in [0.717, 1.165) is 41.5 Å². The van der Waals surface area contributed by atoms with Gasteiger partial charge < -0.3 is 0 Å². The summed E-state index contributed by atoms with van der Waals surface area (Å²) in [6.07, 6.45) is 0. The quantitative estimate of drug-likeness (QED) is 0.388. The molecule has 2 rings (SSSR count). The maximum Gasteiger partial charge on any atom is 0.295 e. The molecule has 12 nitrogen and oxygen atoms in total. The third-order valence-corrected chi connectivity index (χ3v) is 10.0. The van der Waals surface area contributed by atoms with Crippen LogP contribution in [-0.4, -0.2) is 51.9 Å². The van der Waals surface area contributed by atoms with E-state index in [1.165, 1.54) is 0 Å². The number of hydrogen-bond donors (Lipinski definition) is 4. The Morgan fingerprint density at radius 1 is 0.353 bits per heavy atom. The summed E-state index contributed by atoms with van der Waals surface area (Å²) in [5.41, 5.74) is -2.98. The topological polar surface area (TPSA) is 217 Å². The fourth-order valence-corrected chi connectivity index (χ4v) is 8.69. The van der Waals surface area contributed by atoms with Gasteiger partial charge >= 0.3 is 0 Å². The van der Waals surface area contributed by atoms with Gasteiger partial charge in [-0.25, -0.2) is 0 Å². The zero-order valence-electron chi connectivity index (χ0n) is 18.7. The minimum Gasteiger partial charge on any atom is -0.282 e. The number of rotatable bonds is 5. The first kappa shape index (κ1) is 28.3. The molecule has 4 N–H and O–H groups in total. The maximum atomic E-state index is 12.1. The third kappa shape index (κ3) is 4.64. The molecule has 0 aliphatic heterocycles. The van der Waals surface area contributed by atoms with Gasteiger partial charge in [-0.05, 0) is 86.1 Å². The zero-order valence-corrected chi connectivity index (χ0v) is 22.0. The van der Waals surface area contributed by atoms with E-state index in [4.69, 9.17) is 0 Å². The summed E-state index contributed by atoms with van der Waals surface area (Å²) >= 11 is 0. The summed E-state index contributed by atoms with van der Waals surface area (Å²) in [5, 5.41) is 0. The lowest BCUT2D eigenvalue weighted by molar-refractivity contribution is 0.473. The van der Waals surface area contributed by atoms with Crippen molar-refractivity contribution >= 4 is 40.5 Å². The molecule has 2 aromatic rings. The largest absolute Gasteiger partial charge is 0.295 e. The molecule has 16 heteroatoms. The van der Waals surface area contributed by atoms with Crippen molar-refractivity contribution in [2.75, 3.05) is 0 Å². The van der Waals surface area contributed by atoms with Gasteiger partial charge in [-0.1, -0.05) is 0 Å². The number of hydrogen-bond acceptors (Lipinski definition) is 8. The summed E-state index contributed by atoms with van der Waals surface area (Å²) < 4.78 is 136. The van der Waals surface area contributed by atoms with Crippen molar-refractivity contribution in [2.45, 2.75) is 61.1 Å². The predicted octanol–water partition coefficient (Wildman–Crippen LogP) is 2.19. The molecule has 0 heterocycles. The minimum atomic E-state index is -5.12. The van der Waals surface area contributed by atoms with Crippen LogP contribution in [0.15, 0.2) is 19.6 Å². The molecule has 0 spiro atoms. The summed E-state index contributed by atoms with van der Waals surface area (Å²) in [7, 11) is -20.5. The highest BCUT2D eigenvalue weighted by atomic mass is 32.2. The first-order chi connectivity index (χ1) is 15.0. The SMILES string of the molecule is Cc1c(-c2c(C)c(S(=O)(=O)O)c(C)c(S(=O)(=O)O)c2C)c(C)c(S(=O)(=O)O)c(C)c1S(=O)(=O)O. The molecule has 0 atom stereocenters. The molecule has 0 amide bonds. The van der Waals surface area contributed by atoms with Gasteiger partial charge in [0.05, 0.1) is 0 Å². The molecule has 2 aromatic carbocycles. The summed E-state index contributed by atoms with van der Waals surface area (Å²) in [5.74, 6) is 0. The van der Waals surface area contributed by atoms with Gasteiger partial charge in [0.2, 0.25) is 0 Å². The predicted molar refractivity (Wildman–Crippen MR) is 120 cm³/mol. The van der Waals surface area contributed by atoms with Crippen LogP contribution in [0.5, 0.6) is 0 Å². The summed E-state index contributed by atoms with van der Waals surface area (Å²) in [6.45, 7) is 6.60. The van der Waals surface area contributed by atoms with Crippen molar-refractivity contribution in [1.29, 1.82) is 0 Å². The van der Waals surface area contributed by atoms with Crippen LogP contribution in [-0.2, 0) is 40.5 Å². The Morgan fingerprint density at radius 2 is 0.500 bits per heavy atom. The van der Waals surface area contributed by atoms with Crippen LogP contribution in [0, 0.1) is 41.5 Å². The normalized spacial score (nSPS) is 13.4. The van der Waals surface area contributed by atoms with E-state index in [0.29, 0.717) is 0 Å². The van der Waals surface area contributed by atoms with Crippen LogP contribution in [0.2, 0.25) is 0 Å². The highest BCUT2D eigenvalue weighted by Gasteiger charge is 2.35. The van der Waals surface area contributed by atoms with Gasteiger partial charge in [-0.3, -0.25) is 18.2 Å². The van der Waals surface area contributed by atoms with E-state index >= 15 is 0 Å². The van der Waals surface area contributed by atoms with E-state index in [-0.39, 0.29) is 33.4 Å². The van der Waals surface area contributed by atoms with Crippen molar-refractivity contribution in [3.63, 3.8) is 0 Å². The second-order valence-electron chi connectivity index (χ2n) is 7.72. The lowest BCUT2D eigenvalue weighted by Gasteiger charge is -2.25. The Hall–Kier alpha value is -1.92. The molecule has 190 valence electrons. The minimum absolute atomic E-state index is 0.303. The Bertz CT molecular complexity index is 1430. The van der Waals surface area contributed by atoms with E-state index in [9.17, 15) is 51.9 Å². The molecule has 0 aliphatic carbocycles. The molecule has 0 fully saturated rings. The highest BCUT2D eigenvalue weighted by molar-refractivity contribution is 7.87. The van der Waals surface area contributed by atoms with Crippen molar-refractivity contribution in [3.05, 3.63) is 33.4 Å². The lowest BCUT2D eigenvalue weighted by atomic mass is 9.87. The Kier molecular flexibility index (Phi) is 6.94. The fraction of sp³-hybridized carbons (Fsp3) is 0.333. The van der Waals surface area contributed by atoms with E-state index in [1.54, 1.807) is 0 Å². The second kappa shape index (κ2) is 8.34. The molecule has 0 saturated heterocycles. The van der Waals surface area contributed by atoms with Crippen molar-refractivity contribution in [2.24, 2.45) is 0 Å². The third-order valence-electron chi connectivity index (χ3n) is 5.51. The van der Waals surface area contributed by atoms with Crippen LogP contribution in [0.25, 0.3) is 11.1 Å². The van der Waals surface area contributed by atoms with E-state index in [1.807, 2.05) is 0 Å². The molecule has 0 aliphatic rings. The molecule has 0 saturated carbocycles. The molecule has 0 bridgehead atoms. The van der Waals surface area contributed by atoms with Gasteiger partial charge in [-0.2, -0.15) is 33.7 Å². The standard InChI is InChI=1S/C18H22O12S4/c1-7-13(8(2)16(32(22,23)24)11(5)15(7)31(19,20)21)14-9(3)17(33(25,26)27)12(6)18(10(14)4)34(28,29)30/h1-6H3,(H,19,20,21)(H,22,23,24)(H,25,26,27)(H,28,29,30). The Balaban J connectivity index is 3.52. The van der Waals surface area contributed by atoms with Gasteiger partial charge in [0.25, 0.3) is 40.5 Å². The molecule has 34 heavy (non-hydrogen) atoms. The maximum absolute atomic E-state index is 12.1. The first-order valence-corrected chi connectivity index (χ1v) is 14.9.